The quantitative estimate of drug-likeness (QED) is 0.871. The average molecular weight is 351 g/mol. The van der Waals surface area contributed by atoms with Crippen LogP contribution in [0, 0.1) is 6.92 Å². The molecule has 5 heteroatoms. The molecule has 0 saturated carbocycles. The zero-order chi connectivity index (χ0) is 15.6. The highest BCUT2D eigenvalue weighted by Crippen LogP contribution is 2.29. The molecule has 0 aliphatic heterocycles. The second-order valence-corrected chi connectivity index (χ2v) is 6.63. The summed E-state index contributed by atoms with van der Waals surface area (Å²) >= 11 is 3.46. The predicted molar refractivity (Wildman–Crippen MR) is 88.0 cm³/mol. The lowest BCUT2D eigenvalue weighted by molar-refractivity contribution is 0.124. The fraction of sp³-hybridized carbons (Fsp3) is 0.312. The topological polar surface area (TPSA) is 57.4 Å². The number of nitrogens with zero attached hydrogens (tertiary/aromatic N) is 1. The summed E-state index contributed by atoms with van der Waals surface area (Å²) < 4.78 is 12.5. The standard InChI is InChI=1S/C16H19BrN2O2/c1-10-9-11(5-6-12(10)17)20-14-8-7-13(18)15(19-14)21-16(2,3)4/h5-9H,18H2,1-4H3. The summed E-state index contributed by atoms with van der Waals surface area (Å²) in [7, 11) is 0. The Hall–Kier alpha value is -1.75. The predicted octanol–water partition coefficient (Wildman–Crippen LogP) is 4.70. The molecule has 0 aliphatic rings. The highest BCUT2D eigenvalue weighted by molar-refractivity contribution is 9.10. The molecule has 0 unspecified atom stereocenters. The van der Waals surface area contributed by atoms with Crippen LogP contribution in [-0.4, -0.2) is 10.6 Å². The van der Waals surface area contributed by atoms with Crippen molar-refractivity contribution in [2.75, 3.05) is 5.73 Å². The highest BCUT2D eigenvalue weighted by Gasteiger charge is 2.16. The van der Waals surface area contributed by atoms with Crippen molar-refractivity contribution < 1.29 is 9.47 Å². The molecule has 21 heavy (non-hydrogen) atoms. The Bertz CT molecular complexity index is 651. The van der Waals surface area contributed by atoms with Crippen molar-refractivity contribution in [3.63, 3.8) is 0 Å². The molecule has 0 aliphatic carbocycles. The van der Waals surface area contributed by atoms with Gasteiger partial charge in [-0.15, -0.1) is 0 Å². The number of ether oxygens (including phenoxy) is 2. The first-order chi connectivity index (χ1) is 9.74. The summed E-state index contributed by atoms with van der Waals surface area (Å²) in [5, 5.41) is 0. The SMILES string of the molecule is Cc1cc(Oc2ccc(N)c(OC(C)(C)C)n2)ccc1Br. The lowest BCUT2D eigenvalue weighted by Gasteiger charge is -2.21. The fourth-order valence-electron chi connectivity index (χ4n) is 1.66. The Morgan fingerprint density at radius 3 is 2.48 bits per heavy atom. The van der Waals surface area contributed by atoms with Gasteiger partial charge in [0.15, 0.2) is 0 Å². The number of aromatic nitrogens is 1. The van der Waals surface area contributed by atoms with Crippen molar-refractivity contribution in [2.24, 2.45) is 0 Å². The Morgan fingerprint density at radius 2 is 1.86 bits per heavy atom. The molecule has 2 aromatic rings. The molecule has 0 saturated heterocycles. The van der Waals surface area contributed by atoms with E-state index < -0.39 is 0 Å². The van der Waals surface area contributed by atoms with E-state index in [1.165, 1.54) is 0 Å². The molecule has 1 aromatic carbocycles. The first-order valence-corrected chi connectivity index (χ1v) is 7.43. The number of hydrogen-bond donors (Lipinski definition) is 1. The van der Waals surface area contributed by atoms with Crippen molar-refractivity contribution in [3.8, 4) is 17.5 Å². The number of halogens is 1. The largest absolute Gasteiger partial charge is 0.470 e. The molecular formula is C16H19BrN2O2. The second kappa shape index (κ2) is 5.93. The molecule has 1 heterocycles. The van der Waals surface area contributed by atoms with Crippen LogP contribution in [0.25, 0.3) is 0 Å². The summed E-state index contributed by atoms with van der Waals surface area (Å²) in [6.07, 6.45) is 0. The summed E-state index contributed by atoms with van der Waals surface area (Å²) in [4.78, 5) is 4.32. The smallest absolute Gasteiger partial charge is 0.241 e. The van der Waals surface area contributed by atoms with E-state index in [0.29, 0.717) is 17.4 Å². The molecule has 2 N–H and O–H groups in total. The minimum Gasteiger partial charge on any atom is -0.470 e. The van der Waals surface area contributed by atoms with Crippen LogP contribution in [-0.2, 0) is 0 Å². The van der Waals surface area contributed by atoms with Crippen molar-refractivity contribution in [2.45, 2.75) is 33.3 Å². The van der Waals surface area contributed by atoms with Crippen LogP contribution < -0.4 is 15.2 Å². The Kier molecular flexibility index (Phi) is 4.42. The first kappa shape index (κ1) is 15.6. The molecule has 4 nitrogen and oxygen atoms in total. The third-order valence-electron chi connectivity index (χ3n) is 2.62. The molecule has 0 amide bonds. The van der Waals surface area contributed by atoms with E-state index in [0.717, 1.165) is 15.8 Å². The van der Waals surface area contributed by atoms with Crippen molar-refractivity contribution in [1.29, 1.82) is 0 Å². The number of nitrogen functional groups attached to an aromatic ring is 1. The van der Waals surface area contributed by atoms with Crippen molar-refractivity contribution >= 4 is 21.6 Å². The van der Waals surface area contributed by atoms with E-state index in [2.05, 4.69) is 20.9 Å². The maximum absolute atomic E-state index is 5.88. The van der Waals surface area contributed by atoms with Gasteiger partial charge in [-0.1, -0.05) is 15.9 Å². The molecular weight excluding hydrogens is 332 g/mol. The van der Waals surface area contributed by atoms with Gasteiger partial charge in [-0.2, -0.15) is 4.98 Å². The molecule has 2 rings (SSSR count). The number of pyridine rings is 1. The molecule has 0 fully saturated rings. The van der Waals surface area contributed by atoms with Crippen molar-refractivity contribution in [1.82, 2.24) is 4.98 Å². The van der Waals surface area contributed by atoms with E-state index in [1.807, 2.05) is 45.9 Å². The number of nitrogens with two attached hydrogens (primary N) is 1. The van der Waals surface area contributed by atoms with Crippen LogP contribution in [0.15, 0.2) is 34.8 Å². The lowest BCUT2D eigenvalue weighted by atomic mass is 10.2. The van der Waals surface area contributed by atoms with Crippen LogP contribution in [0.2, 0.25) is 0 Å². The van der Waals surface area contributed by atoms with Gasteiger partial charge in [0.05, 0.1) is 5.69 Å². The first-order valence-electron chi connectivity index (χ1n) is 6.64. The summed E-state index contributed by atoms with van der Waals surface area (Å²) in [5.74, 6) is 1.55. The van der Waals surface area contributed by atoms with Gasteiger partial charge in [-0.3, -0.25) is 0 Å². The monoisotopic (exact) mass is 350 g/mol. The van der Waals surface area contributed by atoms with Crippen LogP contribution in [0.1, 0.15) is 26.3 Å². The number of hydrogen-bond acceptors (Lipinski definition) is 4. The second-order valence-electron chi connectivity index (χ2n) is 5.77. The third-order valence-corrected chi connectivity index (χ3v) is 3.51. The van der Waals surface area contributed by atoms with Gasteiger partial charge < -0.3 is 15.2 Å². The molecule has 0 atom stereocenters. The molecule has 0 bridgehead atoms. The van der Waals surface area contributed by atoms with Gasteiger partial charge in [0.2, 0.25) is 11.8 Å². The summed E-state index contributed by atoms with van der Waals surface area (Å²) in [6, 6.07) is 9.21. The minimum absolute atomic E-state index is 0.367. The summed E-state index contributed by atoms with van der Waals surface area (Å²) in [6.45, 7) is 7.83. The Labute approximate surface area is 133 Å². The molecule has 1 aromatic heterocycles. The average Bonchev–Trinajstić information content (AvgIpc) is 2.36. The number of rotatable bonds is 3. The zero-order valence-electron chi connectivity index (χ0n) is 12.6. The zero-order valence-corrected chi connectivity index (χ0v) is 14.2. The molecule has 0 spiro atoms. The van der Waals surface area contributed by atoms with Crippen LogP contribution in [0.4, 0.5) is 5.69 Å². The fourth-order valence-corrected chi connectivity index (χ4v) is 1.91. The van der Waals surface area contributed by atoms with E-state index in [1.54, 1.807) is 12.1 Å². The summed E-state index contributed by atoms with van der Waals surface area (Å²) in [5.41, 5.74) is 7.10. The van der Waals surface area contributed by atoms with Gasteiger partial charge >= 0.3 is 0 Å². The van der Waals surface area contributed by atoms with Crippen molar-refractivity contribution in [3.05, 3.63) is 40.4 Å². The van der Waals surface area contributed by atoms with Gasteiger partial charge in [0, 0.05) is 10.5 Å². The third kappa shape index (κ3) is 4.36. The van der Waals surface area contributed by atoms with E-state index in [-0.39, 0.29) is 5.60 Å². The van der Waals surface area contributed by atoms with Gasteiger partial charge in [0.1, 0.15) is 11.4 Å². The maximum Gasteiger partial charge on any atom is 0.241 e. The number of benzene rings is 1. The minimum atomic E-state index is -0.367. The van der Waals surface area contributed by atoms with Gasteiger partial charge in [-0.05, 0) is 57.5 Å². The normalized spacial score (nSPS) is 11.3. The van der Waals surface area contributed by atoms with E-state index in [4.69, 9.17) is 15.2 Å². The molecule has 112 valence electrons. The van der Waals surface area contributed by atoms with E-state index in [9.17, 15) is 0 Å². The maximum atomic E-state index is 5.88. The van der Waals surface area contributed by atoms with Crippen LogP contribution in [0.5, 0.6) is 17.5 Å². The Morgan fingerprint density at radius 1 is 1.14 bits per heavy atom. The molecule has 0 radical (unpaired) electrons. The van der Waals surface area contributed by atoms with Crippen LogP contribution in [0.3, 0.4) is 0 Å². The lowest BCUT2D eigenvalue weighted by Crippen LogP contribution is -2.24. The number of aryl methyl sites for hydroxylation is 1. The number of anilines is 1. The van der Waals surface area contributed by atoms with E-state index >= 15 is 0 Å². The van der Waals surface area contributed by atoms with Gasteiger partial charge in [0.25, 0.3) is 0 Å². The van der Waals surface area contributed by atoms with Gasteiger partial charge in [-0.25, -0.2) is 0 Å². The highest BCUT2D eigenvalue weighted by atomic mass is 79.9. The van der Waals surface area contributed by atoms with Crippen LogP contribution >= 0.6 is 15.9 Å². The Balaban J connectivity index is 2.24.